The Kier molecular flexibility index (Phi) is 5.44. The molecule has 114 valence electrons. The molecule has 4 nitrogen and oxygen atoms in total. The van der Waals surface area contributed by atoms with E-state index in [1.807, 2.05) is 19.9 Å². The van der Waals surface area contributed by atoms with E-state index in [9.17, 15) is 4.39 Å². The lowest BCUT2D eigenvalue weighted by Crippen LogP contribution is -2.26. The highest BCUT2D eigenvalue weighted by molar-refractivity contribution is 5.55. The van der Waals surface area contributed by atoms with Crippen molar-refractivity contribution in [3.05, 3.63) is 35.9 Å². The Morgan fingerprint density at radius 3 is 2.52 bits per heavy atom. The van der Waals surface area contributed by atoms with E-state index in [-0.39, 0.29) is 17.8 Å². The van der Waals surface area contributed by atoms with Gasteiger partial charge in [0, 0.05) is 18.2 Å². The Bertz CT molecular complexity index is 545. The molecule has 0 unspecified atom stereocenters. The molecule has 1 fully saturated rings. The van der Waals surface area contributed by atoms with Gasteiger partial charge in [-0.15, -0.1) is 0 Å². The van der Waals surface area contributed by atoms with Gasteiger partial charge in [0.25, 0.3) is 0 Å². The van der Waals surface area contributed by atoms with Gasteiger partial charge < -0.3 is 5.73 Å². The smallest absolute Gasteiger partial charge is 0.173 e. The van der Waals surface area contributed by atoms with Gasteiger partial charge in [-0.05, 0) is 37.8 Å². The summed E-state index contributed by atoms with van der Waals surface area (Å²) >= 11 is 0. The number of halogens is 1. The molecule has 0 saturated heterocycles. The molecule has 1 aliphatic carbocycles. The first-order valence-corrected chi connectivity index (χ1v) is 7.66. The molecule has 2 aromatic heterocycles. The van der Waals surface area contributed by atoms with Gasteiger partial charge in [-0.1, -0.05) is 19.9 Å². The van der Waals surface area contributed by atoms with Crippen LogP contribution >= 0.6 is 0 Å². The lowest BCUT2D eigenvalue weighted by atomic mass is 9.84. The number of aromatic amines is 1. The number of nitrogens with one attached hydrogen (secondary N) is 1. The van der Waals surface area contributed by atoms with Crippen molar-refractivity contribution in [2.45, 2.75) is 51.5 Å². The van der Waals surface area contributed by atoms with Crippen molar-refractivity contribution in [1.29, 1.82) is 0 Å². The van der Waals surface area contributed by atoms with Gasteiger partial charge in [-0.3, -0.25) is 10.1 Å². The molecule has 21 heavy (non-hydrogen) atoms. The normalized spacial score (nSPS) is 21.5. The fourth-order valence-electron chi connectivity index (χ4n) is 2.69. The molecular weight excluding hydrogens is 267 g/mol. The number of nitrogens with zero attached hydrogens (tertiary/aromatic N) is 2. The van der Waals surface area contributed by atoms with Gasteiger partial charge in [-0.25, -0.2) is 4.39 Å². The van der Waals surface area contributed by atoms with Crippen LogP contribution in [0.2, 0.25) is 0 Å². The van der Waals surface area contributed by atoms with Crippen molar-refractivity contribution >= 4 is 0 Å². The van der Waals surface area contributed by atoms with Gasteiger partial charge >= 0.3 is 0 Å². The lowest BCUT2D eigenvalue weighted by Gasteiger charge is -2.24. The van der Waals surface area contributed by atoms with E-state index >= 15 is 0 Å². The highest BCUT2D eigenvalue weighted by atomic mass is 19.1. The monoisotopic (exact) mass is 290 g/mol. The van der Waals surface area contributed by atoms with Crippen LogP contribution in [0.25, 0.3) is 11.4 Å². The summed E-state index contributed by atoms with van der Waals surface area (Å²) in [4.78, 5) is 4.14. The predicted molar refractivity (Wildman–Crippen MR) is 82.3 cm³/mol. The van der Waals surface area contributed by atoms with Crippen LogP contribution in [0.15, 0.2) is 24.4 Å². The quantitative estimate of drug-likeness (QED) is 0.887. The van der Waals surface area contributed by atoms with Gasteiger partial charge in [-0.2, -0.15) is 5.10 Å². The van der Waals surface area contributed by atoms with Crippen LogP contribution < -0.4 is 5.73 Å². The van der Waals surface area contributed by atoms with Crippen molar-refractivity contribution in [2.75, 3.05) is 0 Å². The number of nitrogens with two attached hydrogens (primary N) is 1. The average Bonchev–Trinajstić information content (AvgIpc) is 2.93. The van der Waals surface area contributed by atoms with Crippen molar-refractivity contribution in [3.63, 3.8) is 0 Å². The van der Waals surface area contributed by atoms with E-state index < -0.39 is 0 Å². The van der Waals surface area contributed by atoms with Gasteiger partial charge in [0.1, 0.15) is 5.69 Å². The topological polar surface area (TPSA) is 67.6 Å². The molecule has 3 N–H and O–H groups in total. The molecule has 0 spiro atoms. The van der Waals surface area contributed by atoms with Crippen LogP contribution in [0.4, 0.5) is 4.39 Å². The third-order valence-electron chi connectivity index (χ3n) is 3.82. The average molecular weight is 290 g/mol. The first-order chi connectivity index (χ1) is 10.3. The number of aromatic nitrogens is 3. The summed E-state index contributed by atoms with van der Waals surface area (Å²) in [7, 11) is 0. The maximum atomic E-state index is 14.4. The number of hydrogen-bond acceptors (Lipinski definition) is 3. The molecule has 1 aliphatic rings. The van der Waals surface area contributed by atoms with Crippen LogP contribution in [0.3, 0.4) is 0 Å². The zero-order valence-corrected chi connectivity index (χ0v) is 12.6. The second kappa shape index (κ2) is 7.31. The molecule has 0 aromatic carbocycles. The van der Waals surface area contributed by atoms with Crippen LogP contribution in [0.5, 0.6) is 0 Å². The molecule has 3 rings (SSSR count). The molecule has 1 saturated carbocycles. The van der Waals surface area contributed by atoms with Crippen molar-refractivity contribution < 1.29 is 4.39 Å². The van der Waals surface area contributed by atoms with E-state index in [1.165, 1.54) is 0 Å². The standard InChI is InChI=1S/C14H17FN4.C2H6/c15-12-13(9-4-6-10(16)7-5-9)18-19-14(12)11-3-1-2-8-17-11;1-2/h1-3,8-10H,4-7,16H2,(H,18,19);1-2H3. The minimum Gasteiger partial charge on any atom is -0.328 e. The van der Waals surface area contributed by atoms with E-state index in [2.05, 4.69) is 15.2 Å². The summed E-state index contributed by atoms with van der Waals surface area (Å²) in [6.45, 7) is 4.00. The summed E-state index contributed by atoms with van der Waals surface area (Å²) in [5, 5.41) is 6.94. The van der Waals surface area contributed by atoms with Crippen LogP contribution in [0.1, 0.15) is 51.1 Å². The minimum absolute atomic E-state index is 0.199. The molecule has 0 radical (unpaired) electrons. The van der Waals surface area contributed by atoms with Gasteiger partial charge in [0.15, 0.2) is 5.82 Å². The van der Waals surface area contributed by atoms with E-state index in [0.717, 1.165) is 25.7 Å². The molecule has 0 bridgehead atoms. The van der Waals surface area contributed by atoms with E-state index in [1.54, 1.807) is 18.3 Å². The highest BCUT2D eigenvalue weighted by Gasteiger charge is 2.26. The second-order valence-corrected chi connectivity index (χ2v) is 5.13. The molecule has 2 aromatic rings. The Balaban J connectivity index is 0.000000774. The van der Waals surface area contributed by atoms with Crippen molar-refractivity contribution in [1.82, 2.24) is 15.2 Å². The molecule has 0 amide bonds. The number of rotatable bonds is 2. The molecule has 0 atom stereocenters. The summed E-state index contributed by atoms with van der Waals surface area (Å²) in [5.74, 6) is -0.0658. The zero-order chi connectivity index (χ0) is 15.2. The number of hydrogen-bond donors (Lipinski definition) is 2. The highest BCUT2D eigenvalue weighted by Crippen LogP contribution is 2.34. The summed E-state index contributed by atoms with van der Waals surface area (Å²) < 4.78 is 14.4. The SMILES string of the molecule is CC.NC1CCC(c2[nH]nc(-c3ccccn3)c2F)CC1. The Labute approximate surface area is 125 Å². The third kappa shape index (κ3) is 3.47. The lowest BCUT2D eigenvalue weighted by molar-refractivity contribution is 0.382. The molecule has 0 aliphatic heterocycles. The molecule has 2 heterocycles. The van der Waals surface area contributed by atoms with Crippen LogP contribution in [0, 0.1) is 5.82 Å². The minimum atomic E-state index is -0.265. The van der Waals surface area contributed by atoms with Crippen molar-refractivity contribution in [2.24, 2.45) is 5.73 Å². The number of pyridine rings is 1. The Hall–Kier alpha value is -1.75. The van der Waals surface area contributed by atoms with Crippen LogP contribution in [-0.2, 0) is 0 Å². The summed E-state index contributed by atoms with van der Waals surface area (Å²) in [6, 6.07) is 5.66. The maximum Gasteiger partial charge on any atom is 0.173 e. The first-order valence-electron chi connectivity index (χ1n) is 7.66. The fourth-order valence-corrected chi connectivity index (χ4v) is 2.69. The number of H-pyrrole nitrogens is 1. The van der Waals surface area contributed by atoms with Gasteiger partial charge in [0.05, 0.1) is 11.4 Å². The maximum absolute atomic E-state index is 14.4. The van der Waals surface area contributed by atoms with E-state index in [4.69, 9.17) is 5.73 Å². The summed E-state index contributed by atoms with van der Waals surface area (Å²) in [6.07, 6.45) is 5.37. The van der Waals surface area contributed by atoms with Crippen molar-refractivity contribution in [3.8, 4) is 11.4 Å². The fraction of sp³-hybridized carbons (Fsp3) is 0.500. The third-order valence-corrected chi connectivity index (χ3v) is 3.82. The predicted octanol–water partition coefficient (Wildman–Crippen LogP) is 3.62. The first kappa shape index (κ1) is 15.6. The van der Waals surface area contributed by atoms with E-state index in [0.29, 0.717) is 17.1 Å². The largest absolute Gasteiger partial charge is 0.328 e. The zero-order valence-electron chi connectivity index (χ0n) is 12.6. The Morgan fingerprint density at radius 1 is 1.19 bits per heavy atom. The summed E-state index contributed by atoms with van der Waals surface area (Å²) in [5.41, 5.74) is 7.36. The molecular formula is C16H23FN4. The Morgan fingerprint density at radius 2 is 1.90 bits per heavy atom. The van der Waals surface area contributed by atoms with Gasteiger partial charge in [0.2, 0.25) is 0 Å². The second-order valence-electron chi connectivity index (χ2n) is 5.13. The van der Waals surface area contributed by atoms with Crippen LogP contribution in [-0.4, -0.2) is 21.2 Å². The molecule has 5 heteroatoms.